The number of nitro benzene ring substituents is 1. The molecule has 1 N–H and O–H groups in total. The lowest BCUT2D eigenvalue weighted by molar-refractivity contribution is -0.385. The van der Waals surface area contributed by atoms with Crippen molar-refractivity contribution in [2.75, 3.05) is 7.11 Å². The molecule has 0 bridgehead atoms. The molecule has 0 aliphatic rings. The summed E-state index contributed by atoms with van der Waals surface area (Å²) in [5, 5.41) is 20.1. The Labute approximate surface area is 119 Å². The van der Waals surface area contributed by atoms with Crippen molar-refractivity contribution in [3.05, 3.63) is 58.1 Å². The molecular weight excluding hydrogens is 278 g/mol. The Kier molecular flexibility index (Phi) is 4.03. The van der Waals surface area contributed by atoms with Gasteiger partial charge in [-0.1, -0.05) is 12.1 Å². The SMILES string of the molecule is COc1ccc(Oc2ccccc2[N+](=O)[O-])c(C(=O)O)c1. The summed E-state index contributed by atoms with van der Waals surface area (Å²) in [6, 6.07) is 9.92. The van der Waals surface area contributed by atoms with E-state index in [-0.39, 0.29) is 22.7 Å². The molecule has 2 rings (SSSR count). The van der Waals surface area contributed by atoms with Gasteiger partial charge in [0.1, 0.15) is 17.1 Å². The molecule has 0 saturated carbocycles. The van der Waals surface area contributed by atoms with E-state index in [2.05, 4.69) is 0 Å². The summed E-state index contributed by atoms with van der Waals surface area (Å²) in [5.41, 5.74) is -0.392. The zero-order chi connectivity index (χ0) is 15.4. The fourth-order valence-corrected chi connectivity index (χ4v) is 1.70. The number of methoxy groups -OCH3 is 1. The number of carboxylic acids is 1. The van der Waals surface area contributed by atoms with Crippen LogP contribution in [0.1, 0.15) is 10.4 Å². The lowest BCUT2D eigenvalue weighted by Gasteiger charge is -2.10. The Balaban J connectivity index is 2.45. The predicted octanol–water partition coefficient (Wildman–Crippen LogP) is 3.09. The van der Waals surface area contributed by atoms with Gasteiger partial charge in [-0.05, 0) is 24.3 Å². The van der Waals surface area contributed by atoms with Crippen LogP contribution in [0.4, 0.5) is 5.69 Å². The molecule has 108 valence electrons. The van der Waals surface area contributed by atoms with E-state index >= 15 is 0 Å². The van der Waals surface area contributed by atoms with Crippen molar-refractivity contribution in [3.63, 3.8) is 0 Å². The minimum Gasteiger partial charge on any atom is -0.497 e. The van der Waals surface area contributed by atoms with Gasteiger partial charge < -0.3 is 14.6 Å². The molecule has 21 heavy (non-hydrogen) atoms. The zero-order valence-corrected chi connectivity index (χ0v) is 11.0. The molecule has 0 saturated heterocycles. The molecule has 0 unspecified atom stereocenters. The molecule has 7 nitrogen and oxygen atoms in total. The quantitative estimate of drug-likeness (QED) is 0.670. The molecule has 2 aromatic carbocycles. The molecule has 0 atom stereocenters. The van der Waals surface area contributed by atoms with Gasteiger partial charge in [0.2, 0.25) is 5.75 Å². The Bertz CT molecular complexity index is 698. The van der Waals surface area contributed by atoms with Gasteiger partial charge in [-0.3, -0.25) is 10.1 Å². The summed E-state index contributed by atoms with van der Waals surface area (Å²) in [4.78, 5) is 21.6. The van der Waals surface area contributed by atoms with Crippen molar-refractivity contribution in [2.24, 2.45) is 0 Å². The van der Waals surface area contributed by atoms with Crippen LogP contribution in [0.2, 0.25) is 0 Å². The summed E-state index contributed by atoms with van der Waals surface area (Å²) in [6.07, 6.45) is 0. The third-order valence-electron chi connectivity index (χ3n) is 2.70. The Morgan fingerprint density at radius 3 is 2.52 bits per heavy atom. The van der Waals surface area contributed by atoms with Gasteiger partial charge in [-0.2, -0.15) is 0 Å². The van der Waals surface area contributed by atoms with Crippen LogP contribution in [-0.4, -0.2) is 23.1 Å². The largest absolute Gasteiger partial charge is 0.497 e. The van der Waals surface area contributed by atoms with Crippen LogP contribution >= 0.6 is 0 Å². The van der Waals surface area contributed by atoms with E-state index in [1.54, 1.807) is 6.07 Å². The molecule has 0 heterocycles. The lowest BCUT2D eigenvalue weighted by atomic mass is 10.2. The van der Waals surface area contributed by atoms with Gasteiger partial charge in [0.15, 0.2) is 0 Å². The number of benzene rings is 2. The van der Waals surface area contributed by atoms with Crippen molar-refractivity contribution < 1.29 is 24.3 Å². The highest BCUT2D eigenvalue weighted by atomic mass is 16.6. The highest BCUT2D eigenvalue weighted by molar-refractivity contribution is 5.91. The third-order valence-corrected chi connectivity index (χ3v) is 2.70. The summed E-state index contributed by atoms with van der Waals surface area (Å²) < 4.78 is 10.3. The van der Waals surface area contributed by atoms with Crippen LogP contribution < -0.4 is 9.47 Å². The van der Waals surface area contributed by atoms with Crippen molar-refractivity contribution in [2.45, 2.75) is 0 Å². The second-order valence-corrected chi connectivity index (χ2v) is 3.99. The van der Waals surface area contributed by atoms with E-state index in [0.717, 1.165) is 0 Å². The molecule has 0 aliphatic heterocycles. The van der Waals surface area contributed by atoms with Crippen LogP contribution in [0.25, 0.3) is 0 Å². The van der Waals surface area contributed by atoms with Crippen molar-refractivity contribution >= 4 is 11.7 Å². The van der Waals surface area contributed by atoms with Crippen LogP contribution in [-0.2, 0) is 0 Å². The first kappa shape index (κ1) is 14.3. The molecule has 0 radical (unpaired) electrons. The van der Waals surface area contributed by atoms with Gasteiger partial charge in [0.05, 0.1) is 12.0 Å². The van der Waals surface area contributed by atoms with Crippen LogP contribution in [0.5, 0.6) is 17.2 Å². The molecule has 7 heteroatoms. The average Bonchev–Trinajstić information content (AvgIpc) is 2.47. The Morgan fingerprint density at radius 2 is 1.90 bits per heavy atom. The number of hydrogen-bond acceptors (Lipinski definition) is 5. The fraction of sp³-hybridized carbons (Fsp3) is 0.0714. The second-order valence-electron chi connectivity index (χ2n) is 3.99. The number of nitrogens with zero attached hydrogens (tertiary/aromatic N) is 1. The Hall–Kier alpha value is -3.09. The maximum absolute atomic E-state index is 11.2. The third kappa shape index (κ3) is 3.08. The van der Waals surface area contributed by atoms with Gasteiger partial charge in [-0.15, -0.1) is 0 Å². The standard InChI is InChI=1S/C14H11NO6/c1-20-9-6-7-12(10(8-9)14(16)17)21-13-5-3-2-4-11(13)15(18)19/h2-8H,1H3,(H,16,17). The summed E-state index contributed by atoms with van der Waals surface area (Å²) in [6.45, 7) is 0. The fourth-order valence-electron chi connectivity index (χ4n) is 1.70. The molecule has 0 fully saturated rings. The number of carbonyl (C=O) groups is 1. The number of para-hydroxylation sites is 2. The first-order chi connectivity index (χ1) is 10.0. The van der Waals surface area contributed by atoms with Crippen molar-refractivity contribution in [1.29, 1.82) is 0 Å². The summed E-state index contributed by atoms with van der Waals surface area (Å²) >= 11 is 0. The topological polar surface area (TPSA) is 98.9 Å². The first-order valence-corrected chi connectivity index (χ1v) is 5.85. The van der Waals surface area contributed by atoms with E-state index in [1.807, 2.05) is 0 Å². The van der Waals surface area contributed by atoms with E-state index in [1.165, 1.54) is 43.5 Å². The maximum Gasteiger partial charge on any atom is 0.339 e. The monoisotopic (exact) mass is 289 g/mol. The normalized spacial score (nSPS) is 9.95. The average molecular weight is 289 g/mol. The number of ether oxygens (including phenoxy) is 2. The molecule has 0 aliphatic carbocycles. The summed E-state index contributed by atoms with van der Waals surface area (Å²) in [7, 11) is 1.41. The second kappa shape index (κ2) is 5.91. The number of nitro groups is 1. The smallest absolute Gasteiger partial charge is 0.339 e. The number of rotatable bonds is 5. The predicted molar refractivity (Wildman–Crippen MR) is 73.1 cm³/mol. The highest BCUT2D eigenvalue weighted by Gasteiger charge is 2.18. The molecule has 0 spiro atoms. The van der Waals surface area contributed by atoms with Crippen LogP contribution in [0, 0.1) is 10.1 Å². The minimum absolute atomic E-state index is 0.00222. The van der Waals surface area contributed by atoms with Gasteiger partial charge in [-0.25, -0.2) is 4.79 Å². The number of aromatic carboxylic acids is 1. The van der Waals surface area contributed by atoms with Crippen LogP contribution in [0.15, 0.2) is 42.5 Å². The van der Waals surface area contributed by atoms with E-state index in [9.17, 15) is 20.0 Å². The van der Waals surface area contributed by atoms with Gasteiger partial charge in [0.25, 0.3) is 0 Å². The minimum atomic E-state index is -1.22. The molecule has 0 amide bonds. The van der Waals surface area contributed by atoms with E-state index in [0.29, 0.717) is 5.75 Å². The van der Waals surface area contributed by atoms with Crippen LogP contribution in [0.3, 0.4) is 0 Å². The first-order valence-electron chi connectivity index (χ1n) is 5.85. The zero-order valence-electron chi connectivity index (χ0n) is 11.0. The Morgan fingerprint density at radius 1 is 1.19 bits per heavy atom. The van der Waals surface area contributed by atoms with Gasteiger partial charge >= 0.3 is 11.7 Å². The van der Waals surface area contributed by atoms with Crippen molar-refractivity contribution in [1.82, 2.24) is 0 Å². The van der Waals surface area contributed by atoms with E-state index < -0.39 is 10.9 Å². The van der Waals surface area contributed by atoms with Crippen molar-refractivity contribution in [3.8, 4) is 17.2 Å². The molecule has 0 aromatic heterocycles. The highest BCUT2D eigenvalue weighted by Crippen LogP contribution is 2.34. The maximum atomic E-state index is 11.2. The number of carboxylic acid groups (broad SMARTS) is 1. The number of hydrogen-bond donors (Lipinski definition) is 1. The summed E-state index contributed by atoms with van der Waals surface area (Å²) in [5.74, 6) is -0.905. The lowest BCUT2D eigenvalue weighted by Crippen LogP contribution is -2.01. The molecular formula is C14H11NO6. The molecule has 2 aromatic rings. The van der Waals surface area contributed by atoms with Gasteiger partial charge in [0, 0.05) is 6.07 Å². The van der Waals surface area contributed by atoms with E-state index in [4.69, 9.17) is 9.47 Å².